The van der Waals surface area contributed by atoms with Gasteiger partial charge in [-0.2, -0.15) is 0 Å². The van der Waals surface area contributed by atoms with Crippen molar-refractivity contribution in [2.75, 3.05) is 6.61 Å². The van der Waals surface area contributed by atoms with Gasteiger partial charge in [0, 0.05) is 0 Å². The zero-order valence-corrected chi connectivity index (χ0v) is 12.4. The third-order valence-corrected chi connectivity index (χ3v) is 3.23. The van der Waals surface area contributed by atoms with Crippen LogP contribution >= 0.6 is 0 Å². The first-order chi connectivity index (χ1) is 10.2. The van der Waals surface area contributed by atoms with Gasteiger partial charge in [0.15, 0.2) is 6.61 Å². The first kappa shape index (κ1) is 15.1. The molecule has 0 radical (unpaired) electrons. The molecule has 0 heterocycles. The molecule has 0 aliphatic rings. The van der Waals surface area contributed by atoms with Gasteiger partial charge in [-0.25, -0.2) is 4.79 Å². The van der Waals surface area contributed by atoms with E-state index in [0.29, 0.717) is 5.75 Å². The lowest BCUT2D eigenvalue weighted by Gasteiger charge is -2.11. The number of hydrogen-bond acceptors (Lipinski definition) is 3. The van der Waals surface area contributed by atoms with Crippen LogP contribution in [0.25, 0.3) is 11.1 Å². The minimum absolute atomic E-state index is 0.0605. The first-order valence-corrected chi connectivity index (χ1v) is 7.17. The molecular formula is C18H20O3. The molecule has 0 N–H and O–H groups in total. The van der Waals surface area contributed by atoms with Crippen molar-refractivity contribution >= 4 is 5.97 Å². The van der Waals surface area contributed by atoms with Crippen LogP contribution in [0.3, 0.4) is 0 Å². The van der Waals surface area contributed by atoms with Crippen LogP contribution < -0.4 is 4.74 Å². The van der Waals surface area contributed by atoms with Gasteiger partial charge in [-0.05, 0) is 36.6 Å². The van der Waals surface area contributed by atoms with E-state index in [-0.39, 0.29) is 18.7 Å². The lowest BCUT2D eigenvalue weighted by molar-refractivity contribution is -0.150. The molecule has 0 fully saturated rings. The molecule has 0 unspecified atom stereocenters. The lowest BCUT2D eigenvalue weighted by Crippen LogP contribution is -2.20. The van der Waals surface area contributed by atoms with Crippen molar-refractivity contribution in [3.63, 3.8) is 0 Å². The normalized spacial score (nSPS) is 11.7. The Labute approximate surface area is 125 Å². The molecule has 0 aromatic heterocycles. The van der Waals surface area contributed by atoms with Crippen LogP contribution in [0.4, 0.5) is 0 Å². The molecule has 0 amide bonds. The third-order valence-electron chi connectivity index (χ3n) is 3.23. The van der Waals surface area contributed by atoms with Crippen LogP contribution in [0.2, 0.25) is 0 Å². The van der Waals surface area contributed by atoms with Gasteiger partial charge in [-0.3, -0.25) is 0 Å². The number of esters is 1. The van der Waals surface area contributed by atoms with Crippen LogP contribution in [-0.4, -0.2) is 18.7 Å². The second kappa shape index (κ2) is 7.48. The average Bonchev–Trinajstić information content (AvgIpc) is 2.54. The molecule has 21 heavy (non-hydrogen) atoms. The molecule has 2 aromatic rings. The second-order valence-corrected chi connectivity index (χ2v) is 4.89. The van der Waals surface area contributed by atoms with E-state index in [2.05, 4.69) is 12.1 Å². The number of hydrogen-bond donors (Lipinski definition) is 0. The summed E-state index contributed by atoms with van der Waals surface area (Å²) in [6.07, 6.45) is 0.735. The summed E-state index contributed by atoms with van der Waals surface area (Å²) in [5, 5.41) is 0. The molecule has 0 saturated carbocycles. The maximum Gasteiger partial charge on any atom is 0.344 e. The van der Waals surface area contributed by atoms with E-state index in [9.17, 15) is 4.79 Å². The molecule has 3 nitrogen and oxygen atoms in total. The van der Waals surface area contributed by atoms with Crippen molar-refractivity contribution in [2.45, 2.75) is 26.4 Å². The fourth-order valence-corrected chi connectivity index (χ4v) is 1.86. The zero-order chi connectivity index (χ0) is 15.1. The summed E-state index contributed by atoms with van der Waals surface area (Å²) >= 11 is 0. The van der Waals surface area contributed by atoms with Gasteiger partial charge in [0.05, 0.1) is 6.10 Å². The van der Waals surface area contributed by atoms with Gasteiger partial charge in [0.2, 0.25) is 0 Å². The molecule has 2 aromatic carbocycles. The Morgan fingerprint density at radius 1 is 1.00 bits per heavy atom. The summed E-state index contributed by atoms with van der Waals surface area (Å²) in [6, 6.07) is 17.8. The number of carbonyl (C=O) groups excluding carboxylic acids is 1. The maximum absolute atomic E-state index is 11.5. The minimum Gasteiger partial charge on any atom is -0.482 e. The number of carbonyl (C=O) groups is 1. The summed E-state index contributed by atoms with van der Waals surface area (Å²) in [5.41, 5.74) is 2.27. The molecule has 1 atom stereocenters. The summed E-state index contributed by atoms with van der Waals surface area (Å²) < 4.78 is 10.6. The van der Waals surface area contributed by atoms with E-state index >= 15 is 0 Å². The fourth-order valence-electron chi connectivity index (χ4n) is 1.86. The minimum atomic E-state index is -0.337. The van der Waals surface area contributed by atoms with Gasteiger partial charge in [0.25, 0.3) is 0 Å². The molecule has 3 heteroatoms. The van der Waals surface area contributed by atoms with Gasteiger partial charge in [-0.15, -0.1) is 0 Å². The molecule has 0 saturated heterocycles. The average molecular weight is 284 g/mol. The Kier molecular flexibility index (Phi) is 5.38. The van der Waals surface area contributed by atoms with Gasteiger partial charge < -0.3 is 9.47 Å². The van der Waals surface area contributed by atoms with Crippen molar-refractivity contribution in [1.29, 1.82) is 0 Å². The van der Waals surface area contributed by atoms with Crippen molar-refractivity contribution in [2.24, 2.45) is 0 Å². The van der Waals surface area contributed by atoms with Gasteiger partial charge in [0.1, 0.15) is 5.75 Å². The monoisotopic (exact) mass is 284 g/mol. The second-order valence-electron chi connectivity index (χ2n) is 4.89. The predicted molar refractivity (Wildman–Crippen MR) is 83.2 cm³/mol. The Hall–Kier alpha value is -2.29. The quantitative estimate of drug-likeness (QED) is 0.750. The number of benzene rings is 2. The Balaban J connectivity index is 1.90. The highest BCUT2D eigenvalue weighted by atomic mass is 16.6. The number of ether oxygens (including phenoxy) is 2. The van der Waals surface area contributed by atoms with E-state index in [1.54, 1.807) is 0 Å². The maximum atomic E-state index is 11.5. The van der Waals surface area contributed by atoms with E-state index in [0.717, 1.165) is 17.5 Å². The van der Waals surface area contributed by atoms with Crippen LogP contribution in [0.15, 0.2) is 54.6 Å². The molecule has 2 rings (SSSR count). The third kappa shape index (κ3) is 4.63. The van der Waals surface area contributed by atoms with E-state index in [1.165, 1.54) is 0 Å². The van der Waals surface area contributed by atoms with E-state index < -0.39 is 0 Å². The highest BCUT2D eigenvalue weighted by Gasteiger charge is 2.08. The zero-order valence-electron chi connectivity index (χ0n) is 12.4. The Morgan fingerprint density at radius 3 is 2.24 bits per heavy atom. The summed E-state index contributed by atoms with van der Waals surface area (Å²) in [7, 11) is 0. The van der Waals surface area contributed by atoms with Crippen molar-refractivity contribution in [3.8, 4) is 16.9 Å². The fraction of sp³-hybridized carbons (Fsp3) is 0.278. The van der Waals surface area contributed by atoms with Crippen molar-refractivity contribution in [1.82, 2.24) is 0 Å². The Morgan fingerprint density at radius 2 is 1.62 bits per heavy atom. The first-order valence-electron chi connectivity index (χ1n) is 7.17. The molecule has 0 aliphatic carbocycles. The standard InChI is InChI=1S/C18H20O3/c1-3-14(2)21-18(19)13-20-17-11-9-16(10-12-17)15-7-5-4-6-8-15/h4-12,14H,3,13H2,1-2H3/t14-/m0/s1. The summed E-state index contributed by atoms with van der Waals surface area (Å²) in [5.74, 6) is 0.326. The van der Waals surface area contributed by atoms with E-state index in [1.807, 2.05) is 56.3 Å². The highest BCUT2D eigenvalue weighted by molar-refractivity contribution is 5.71. The van der Waals surface area contributed by atoms with E-state index in [4.69, 9.17) is 9.47 Å². The van der Waals surface area contributed by atoms with Gasteiger partial charge >= 0.3 is 5.97 Å². The molecule has 110 valence electrons. The molecule has 0 aliphatic heterocycles. The lowest BCUT2D eigenvalue weighted by atomic mass is 10.1. The predicted octanol–water partition coefficient (Wildman–Crippen LogP) is 4.07. The van der Waals surface area contributed by atoms with Crippen LogP contribution in [-0.2, 0) is 9.53 Å². The topological polar surface area (TPSA) is 35.5 Å². The van der Waals surface area contributed by atoms with Crippen molar-refractivity contribution < 1.29 is 14.3 Å². The smallest absolute Gasteiger partial charge is 0.344 e. The van der Waals surface area contributed by atoms with Gasteiger partial charge in [-0.1, -0.05) is 49.4 Å². The Bertz CT molecular complexity index is 561. The summed E-state index contributed by atoms with van der Waals surface area (Å²) in [6.45, 7) is 3.78. The van der Waals surface area contributed by atoms with Crippen molar-refractivity contribution in [3.05, 3.63) is 54.6 Å². The molecular weight excluding hydrogens is 264 g/mol. The molecule has 0 spiro atoms. The largest absolute Gasteiger partial charge is 0.482 e. The SMILES string of the molecule is CC[C@H](C)OC(=O)COc1ccc(-c2ccccc2)cc1. The number of rotatable bonds is 6. The highest BCUT2D eigenvalue weighted by Crippen LogP contribution is 2.22. The van der Waals surface area contributed by atoms with Crippen LogP contribution in [0.5, 0.6) is 5.75 Å². The summed E-state index contributed by atoms with van der Waals surface area (Å²) in [4.78, 5) is 11.5. The molecule has 0 bridgehead atoms. The van der Waals surface area contributed by atoms with Crippen LogP contribution in [0, 0.1) is 0 Å². The van der Waals surface area contributed by atoms with Crippen LogP contribution in [0.1, 0.15) is 20.3 Å².